The summed E-state index contributed by atoms with van der Waals surface area (Å²) in [5, 5.41) is 8.17. The largest absolute Gasteiger partial charge is 0.358 e. The van der Waals surface area contributed by atoms with Crippen LogP contribution < -0.4 is 0 Å². The summed E-state index contributed by atoms with van der Waals surface area (Å²) < 4.78 is 0. The molecule has 0 amide bonds. The van der Waals surface area contributed by atoms with Crippen LogP contribution in [0.5, 0.6) is 0 Å². The van der Waals surface area contributed by atoms with Crippen LogP contribution in [0.15, 0.2) is 0 Å². The van der Waals surface area contributed by atoms with E-state index in [0.717, 1.165) is 18.9 Å². The van der Waals surface area contributed by atoms with E-state index < -0.39 is 0 Å². The minimum atomic E-state index is -0.0269. The van der Waals surface area contributed by atoms with Gasteiger partial charge in [0.05, 0.1) is 0 Å². The molecule has 0 aromatic heterocycles. The maximum Gasteiger partial charge on any atom is 0.101 e. The predicted octanol–water partition coefficient (Wildman–Crippen LogP) is 1.89. The number of hydrogen-bond donors (Lipinski definition) is 1. The zero-order chi connectivity index (χ0) is 11.8. The molecule has 1 fully saturated rings. The van der Waals surface area contributed by atoms with Crippen molar-refractivity contribution in [1.82, 2.24) is 9.80 Å². The van der Waals surface area contributed by atoms with Gasteiger partial charge in [0, 0.05) is 24.5 Å². The van der Waals surface area contributed by atoms with Gasteiger partial charge in [-0.2, -0.15) is 0 Å². The molecule has 1 aliphatic rings. The van der Waals surface area contributed by atoms with Crippen LogP contribution in [0, 0.1) is 16.7 Å². The molecule has 1 saturated heterocycles. The van der Waals surface area contributed by atoms with Gasteiger partial charge in [-0.15, -0.1) is 0 Å². The van der Waals surface area contributed by atoms with Crippen LogP contribution in [0.4, 0.5) is 0 Å². The molecule has 1 N–H and O–H groups in total. The fourth-order valence-corrected chi connectivity index (χ4v) is 2.28. The standard InChI is InChI=1S/C12H25N3/c1-9-7-15(8-10(9)14(5)6)11(13)12(2,3)4/h9-10,13H,7-8H2,1-6H3. The highest BCUT2D eigenvalue weighted by Gasteiger charge is 2.35. The zero-order valence-corrected chi connectivity index (χ0v) is 11.0. The lowest BCUT2D eigenvalue weighted by Gasteiger charge is -2.29. The Labute approximate surface area is 94.0 Å². The molecule has 1 heterocycles. The topological polar surface area (TPSA) is 30.3 Å². The van der Waals surface area contributed by atoms with Crippen LogP contribution in [0.2, 0.25) is 0 Å². The predicted molar refractivity (Wildman–Crippen MR) is 65.4 cm³/mol. The molecule has 0 aromatic carbocycles. The van der Waals surface area contributed by atoms with E-state index in [4.69, 9.17) is 5.41 Å². The second kappa shape index (κ2) is 4.12. The highest BCUT2D eigenvalue weighted by Crippen LogP contribution is 2.25. The number of nitrogens with one attached hydrogen (secondary N) is 1. The van der Waals surface area contributed by atoms with Gasteiger partial charge in [-0.25, -0.2) is 0 Å². The van der Waals surface area contributed by atoms with Gasteiger partial charge in [0.2, 0.25) is 0 Å². The maximum atomic E-state index is 8.17. The molecule has 2 unspecified atom stereocenters. The summed E-state index contributed by atoms with van der Waals surface area (Å²) in [4.78, 5) is 4.51. The van der Waals surface area contributed by atoms with Crippen LogP contribution in [0.3, 0.4) is 0 Å². The molecule has 0 saturated carbocycles. The van der Waals surface area contributed by atoms with Crippen molar-refractivity contribution in [1.29, 1.82) is 5.41 Å². The summed E-state index contributed by atoms with van der Waals surface area (Å²) in [6, 6.07) is 0.590. The van der Waals surface area contributed by atoms with Crippen LogP contribution in [-0.4, -0.2) is 48.9 Å². The molecule has 2 atom stereocenters. The summed E-state index contributed by atoms with van der Waals surface area (Å²) >= 11 is 0. The highest BCUT2D eigenvalue weighted by atomic mass is 15.3. The lowest BCUT2D eigenvalue weighted by molar-refractivity contribution is 0.261. The fraction of sp³-hybridized carbons (Fsp3) is 0.917. The number of nitrogens with zero attached hydrogens (tertiary/aromatic N) is 2. The molecule has 0 bridgehead atoms. The van der Waals surface area contributed by atoms with Gasteiger partial charge in [-0.1, -0.05) is 27.7 Å². The molecule has 15 heavy (non-hydrogen) atoms. The molecule has 1 rings (SSSR count). The first-order valence-corrected chi connectivity index (χ1v) is 5.74. The van der Waals surface area contributed by atoms with E-state index in [2.05, 4.69) is 51.6 Å². The lowest BCUT2D eigenvalue weighted by Crippen LogP contribution is -2.39. The van der Waals surface area contributed by atoms with E-state index >= 15 is 0 Å². The quantitative estimate of drug-likeness (QED) is 0.530. The lowest BCUT2D eigenvalue weighted by atomic mass is 9.94. The van der Waals surface area contributed by atoms with E-state index in [0.29, 0.717) is 12.0 Å². The highest BCUT2D eigenvalue weighted by molar-refractivity contribution is 5.84. The normalized spacial score (nSPS) is 27.5. The maximum absolute atomic E-state index is 8.17. The van der Waals surface area contributed by atoms with Gasteiger partial charge < -0.3 is 9.80 Å². The van der Waals surface area contributed by atoms with Gasteiger partial charge in [0.15, 0.2) is 0 Å². The average Bonchev–Trinajstić information content (AvgIpc) is 2.44. The SMILES string of the molecule is CC1CN(C(=N)C(C)(C)C)CC1N(C)C. The molecule has 3 heteroatoms. The Kier molecular flexibility index (Phi) is 3.44. The van der Waals surface area contributed by atoms with Gasteiger partial charge in [0.25, 0.3) is 0 Å². The molecule has 3 nitrogen and oxygen atoms in total. The number of hydrogen-bond acceptors (Lipinski definition) is 2. The summed E-state index contributed by atoms with van der Waals surface area (Å²) in [6.45, 7) is 10.7. The van der Waals surface area contributed by atoms with Crippen LogP contribution >= 0.6 is 0 Å². The number of rotatable bonds is 1. The van der Waals surface area contributed by atoms with Gasteiger partial charge in [0.1, 0.15) is 5.84 Å². The zero-order valence-electron chi connectivity index (χ0n) is 11.0. The van der Waals surface area contributed by atoms with Crippen molar-refractivity contribution < 1.29 is 0 Å². The average molecular weight is 211 g/mol. The molecule has 0 spiro atoms. The Hall–Kier alpha value is -0.570. The van der Waals surface area contributed by atoms with Crippen molar-refractivity contribution in [2.45, 2.75) is 33.7 Å². The van der Waals surface area contributed by atoms with Gasteiger partial charge in [-0.05, 0) is 20.0 Å². The monoisotopic (exact) mass is 211 g/mol. The van der Waals surface area contributed by atoms with E-state index in [1.54, 1.807) is 0 Å². The Morgan fingerprint density at radius 3 is 2.13 bits per heavy atom. The third kappa shape index (κ3) is 2.71. The van der Waals surface area contributed by atoms with Crippen LogP contribution in [0.25, 0.3) is 0 Å². The first kappa shape index (κ1) is 12.5. The van der Waals surface area contributed by atoms with E-state index in [1.807, 2.05) is 0 Å². The first-order chi connectivity index (χ1) is 6.73. The summed E-state index contributed by atoms with van der Waals surface area (Å²) in [5.74, 6) is 1.43. The van der Waals surface area contributed by atoms with Crippen molar-refractivity contribution >= 4 is 5.84 Å². The third-order valence-corrected chi connectivity index (χ3v) is 3.26. The first-order valence-electron chi connectivity index (χ1n) is 5.74. The van der Waals surface area contributed by atoms with Crippen LogP contribution in [0.1, 0.15) is 27.7 Å². The minimum Gasteiger partial charge on any atom is -0.358 e. The second-order valence-corrected chi connectivity index (χ2v) is 6.01. The summed E-state index contributed by atoms with van der Waals surface area (Å²) in [7, 11) is 4.26. The minimum absolute atomic E-state index is 0.0269. The fourth-order valence-electron chi connectivity index (χ4n) is 2.28. The molecule has 1 aliphatic heterocycles. The van der Waals surface area contributed by atoms with Crippen molar-refractivity contribution in [2.75, 3.05) is 27.2 Å². The number of likely N-dealkylation sites (N-methyl/N-ethyl adjacent to an activating group) is 1. The van der Waals surface area contributed by atoms with Crippen molar-refractivity contribution in [3.63, 3.8) is 0 Å². The number of likely N-dealkylation sites (tertiary alicyclic amines) is 1. The smallest absolute Gasteiger partial charge is 0.101 e. The van der Waals surface area contributed by atoms with Gasteiger partial charge in [-0.3, -0.25) is 5.41 Å². The van der Waals surface area contributed by atoms with Crippen molar-refractivity contribution in [2.24, 2.45) is 11.3 Å². The molecule has 88 valence electrons. The van der Waals surface area contributed by atoms with Crippen molar-refractivity contribution in [3.05, 3.63) is 0 Å². The Morgan fingerprint density at radius 1 is 1.27 bits per heavy atom. The molecular weight excluding hydrogens is 186 g/mol. The molecular formula is C12H25N3. The Bertz CT molecular complexity index is 240. The van der Waals surface area contributed by atoms with Crippen LogP contribution in [-0.2, 0) is 0 Å². The third-order valence-electron chi connectivity index (χ3n) is 3.26. The summed E-state index contributed by atoms with van der Waals surface area (Å²) in [5.41, 5.74) is -0.0269. The Balaban J connectivity index is 2.67. The molecule has 0 aromatic rings. The molecule has 0 radical (unpaired) electrons. The van der Waals surface area contributed by atoms with E-state index in [-0.39, 0.29) is 5.41 Å². The molecule has 0 aliphatic carbocycles. The van der Waals surface area contributed by atoms with Gasteiger partial charge >= 0.3 is 0 Å². The van der Waals surface area contributed by atoms with E-state index in [1.165, 1.54) is 0 Å². The van der Waals surface area contributed by atoms with E-state index in [9.17, 15) is 0 Å². The Morgan fingerprint density at radius 2 is 1.80 bits per heavy atom. The van der Waals surface area contributed by atoms with Crippen molar-refractivity contribution in [3.8, 4) is 0 Å². The summed E-state index contributed by atoms with van der Waals surface area (Å²) in [6.07, 6.45) is 0. The second-order valence-electron chi connectivity index (χ2n) is 6.01. The number of amidine groups is 1.